The molecule has 112 valence electrons. The highest BCUT2D eigenvalue weighted by Crippen LogP contribution is 2.09. The maximum absolute atomic E-state index is 11.5. The lowest BCUT2D eigenvalue weighted by Crippen LogP contribution is -2.33. The fourth-order valence-corrected chi connectivity index (χ4v) is 1.79. The van der Waals surface area contributed by atoms with Crippen molar-refractivity contribution in [2.24, 2.45) is 0 Å². The van der Waals surface area contributed by atoms with E-state index in [1.54, 1.807) is 12.7 Å². The Hall–Kier alpha value is -2.37. The van der Waals surface area contributed by atoms with Crippen LogP contribution in [0.15, 0.2) is 36.9 Å². The molecule has 0 unspecified atom stereocenters. The van der Waals surface area contributed by atoms with Crippen molar-refractivity contribution in [1.29, 1.82) is 0 Å². The average Bonchev–Trinajstić information content (AvgIpc) is 2.91. The standard InChI is InChI=1S/C15H20N4O2/c1-15(2,3)21-14(20)16-9-8-12-4-6-13(7-5-12)19-10-17-18-11-19/h4-7,10-11H,8-9H2,1-3H3,(H,16,20). The van der Waals surface area contributed by atoms with Crippen molar-refractivity contribution in [2.45, 2.75) is 32.8 Å². The van der Waals surface area contributed by atoms with Gasteiger partial charge in [-0.25, -0.2) is 4.79 Å². The third kappa shape index (κ3) is 4.91. The van der Waals surface area contributed by atoms with E-state index >= 15 is 0 Å². The topological polar surface area (TPSA) is 69.0 Å². The molecule has 0 aliphatic heterocycles. The zero-order chi connectivity index (χ0) is 15.3. The predicted molar refractivity (Wildman–Crippen MR) is 79.3 cm³/mol. The Balaban J connectivity index is 1.80. The number of hydrogen-bond donors (Lipinski definition) is 1. The van der Waals surface area contributed by atoms with E-state index in [4.69, 9.17) is 4.74 Å². The van der Waals surface area contributed by atoms with E-state index in [1.807, 2.05) is 49.6 Å². The van der Waals surface area contributed by atoms with Gasteiger partial charge in [0, 0.05) is 12.2 Å². The molecule has 0 saturated carbocycles. The van der Waals surface area contributed by atoms with Gasteiger partial charge in [0.15, 0.2) is 0 Å². The van der Waals surface area contributed by atoms with Crippen molar-refractivity contribution in [3.8, 4) is 5.69 Å². The molecule has 0 aliphatic carbocycles. The molecule has 0 aliphatic rings. The second-order valence-corrected chi connectivity index (χ2v) is 5.71. The second kappa shape index (κ2) is 6.39. The van der Waals surface area contributed by atoms with E-state index in [-0.39, 0.29) is 6.09 Å². The van der Waals surface area contributed by atoms with Crippen LogP contribution in [0.4, 0.5) is 4.79 Å². The minimum Gasteiger partial charge on any atom is -0.444 e. The molecule has 1 amide bonds. The number of hydrogen-bond acceptors (Lipinski definition) is 4. The summed E-state index contributed by atoms with van der Waals surface area (Å²) in [5, 5.41) is 10.3. The summed E-state index contributed by atoms with van der Waals surface area (Å²) >= 11 is 0. The molecular weight excluding hydrogens is 268 g/mol. The third-order valence-corrected chi connectivity index (χ3v) is 2.74. The van der Waals surface area contributed by atoms with Gasteiger partial charge >= 0.3 is 6.09 Å². The van der Waals surface area contributed by atoms with Crippen LogP contribution in [0.2, 0.25) is 0 Å². The molecule has 0 radical (unpaired) electrons. The molecule has 0 atom stereocenters. The van der Waals surface area contributed by atoms with Gasteiger partial charge in [-0.2, -0.15) is 0 Å². The van der Waals surface area contributed by atoms with E-state index in [0.29, 0.717) is 6.54 Å². The molecule has 0 spiro atoms. The summed E-state index contributed by atoms with van der Waals surface area (Å²) in [5.41, 5.74) is 1.68. The smallest absolute Gasteiger partial charge is 0.407 e. The number of alkyl carbamates (subject to hydrolysis) is 1. The Kier molecular flexibility index (Phi) is 4.57. The molecule has 0 bridgehead atoms. The van der Waals surface area contributed by atoms with Crippen LogP contribution in [0, 0.1) is 0 Å². The average molecular weight is 288 g/mol. The molecule has 6 nitrogen and oxygen atoms in total. The summed E-state index contributed by atoms with van der Waals surface area (Å²) in [6.45, 7) is 6.07. The lowest BCUT2D eigenvalue weighted by atomic mass is 10.1. The van der Waals surface area contributed by atoms with Crippen LogP contribution in [0.5, 0.6) is 0 Å². The van der Waals surface area contributed by atoms with Crippen LogP contribution in [0.3, 0.4) is 0 Å². The van der Waals surface area contributed by atoms with Crippen LogP contribution < -0.4 is 5.32 Å². The van der Waals surface area contributed by atoms with Gasteiger partial charge in [-0.15, -0.1) is 10.2 Å². The number of carbonyl (C=O) groups is 1. The first-order chi connectivity index (χ1) is 9.94. The quantitative estimate of drug-likeness (QED) is 0.937. The fourth-order valence-electron chi connectivity index (χ4n) is 1.79. The second-order valence-electron chi connectivity index (χ2n) is 5.71. The number of nitrogens with one attached hydrogen (secondary N) is 1. The molecule has 1 aromatic heterocycles. The number of benzene rings is 1. The molecule has 1 heterocycles. The molecule has 1 aromatic carbocycles. The molecule has 2 rings (SSSR count). The normalized spacial score (nSPS) is 11.2. The monoisotopic (exact) mass is 288 g/mol. The zero-order valence-corrected chi connectivity index (χ0v) is 12.5. The SMILES string of the molecule is CC(C)(C)OC(=O)NCCc1ccc(-n2cnnc2)cc1. The lowest BCUT2D eigenvalue weighted by Gasteiger charge is -2.19. The first-order valence-corrected chi connectivity index (χ1v) is 6.85. The summed E-state index contributed by atoms with van der Waals surface area (Å²) in [6.07, 6.45) is 3.67. The fraction of sp³-hybridized carbons (Fsp3) is 0.400. The van der Waals surface area contributed by atoms with Crippen LogP contribution in [-0.2, 0) is 11.2 Å². The van der Waals surface area contributed by atoms with Crippen molar-refractivity contribution < 1.29 is 9.53 Å². The number of carbonyl (C=O) groups excluding carboxylic acids is 1. The van der Waals surface area contributed by atoms with Gasteiger partial charge < -0.3 is 10.1 Å². The van der Waals surface area contributed by atoms with Gasteiger partial charge in [0.05, 0.1) is 0 Å². The van der Waals surface area contributed by atoms with Gasteiger partial charge in [-0.1, -0.05) is 12.1 Å². The van der Waals surface area contributed by atoms with E-state index < -0.39 is 5.60 Å². The van der Waals surface area contributed by atoms with Crippen molar-refractivity contribution in [2.75, 3.05) is 6.54 Å². The molecule has 0 saturated heterocycles. The van der Waals surface area contributed by atoms with Crippen molar-refractivity contribution >= 4 is 6.09 Å². The summed E-state index contributed by atoms with van der Waals surface area (Å²) in [7, 11) is 0. The molecule has 2 aromatic rings. The highest BCUT2D eigenvalue weighted by atomic mass is 16.6. The van der Waals surface area contributed by atoms with E-state index in [9.17, 15) is 4.79 Å². The number of rotatable bonds is 4. The highest BCUT2D eigenvalue weighted by molar-refractivity contribution is 5.67. The summed E-state index contributed by atoms with van der Waals surface area (Å²) in [5.74, 6) is 0. The van der Waals surface area contributed by atoms with Gasteiger partial charge in [-0.3, -0.25) is 4.57 Å². The maximum atomic E-state index is 11.5. The number of amides is 1. The van der Waals surface area contributed by atoms with Crippen molar-refractivity contribution in [3.05, 3.63) is 42.5 Å². The van der Waals surface area contributed by atoms with Crippen molar-refractivity contribution in [1.82, 2.24) is 20.1 Å². The van der Waals surface area contributed by atoms with Gasteiger partial charge in [-0.05, 0) is 44.9 Å². The van der Waals surface area contributed by atoms with Gasteiger partial charge in [0.25, 0.3) is 0 Å². The van der Waals surface area contributed by atoms with E-state index in [2.05, 4.69) is 15.5 Å². The number of aromatic nitrogens is 3. The first-order valence-electron chi connectivity index (χ1n) is 6.85. The van der Waals surface area contributed by atoms with Crippen LogP contribution in [0.1, 0.15) is 26.3 Å². The molecule has 0 fully saturated rings. The Morgan fingerprint density at radius 3 is 2.38 bits per heavy atom. The summed E-state index contributed by atoms with van der Waals surface area (Å²) < 4.78 is 7.01. The van der Waals surface area contributed by atoms with Crippen LogP contribution in [0.25, 0.3) is 5.69 Å². The lowest BCUT2D eigenvalue weighted by molar-refractivity contribution is 0.0528. The summed E-state index contributed by atoms with van der Waals surface area (Å²) in [6, 6.07) is 8.02. The van der Waals surface area contributed by atoms with Gasteiger partial charge in [0.1, 0.15) is 18.3 Å². The highest BCUT2D eigenvalue weighted by Gasteiger charge is 2.15. The Bertz CT molecular complexity index is 571. The Morgan fingerprint density at radius 1 is 1.19 bits per heavy atom. The largest absolute Gasteiger partial charge is 0.444 e. The minimum absolute atomic E-state index is 0.386. The zero-order valence-electron chi connectivity index (χ0n) is 12.5. The summed E-state index contributed by atoms with van der Waals surface area (Å²) in [4.78, 5) is 11.5. The minimum atomic E-state index is -0.468. The number of nitrogens with zero attached hydrogens (tertiary/aromatic N) is 3. The third-order valence-electron chi connectivity index (χ3n) is 2.74. The maximum Gasteiger partial charge on any atom is 0.407 e. The molecule has 21 heavy (non-hydrogen) atoms. The number of ether oxygens (including phenoxy) is 1. The Morgan fingerprint density at radius 2 is 1.81 bits per heavy atom. The van der Waals surface area contributed by atoms with Gasteiger partial charge in [0.2, 0.25) is 0 Å². The Labute approximate surface area is 124 Å². The molecule has 6 heteroatoms. The van der Waals surface area contributed by atoms with Crippen LogP contribution in [-0.4, -0.2) is 33.0 Å². The first kappa shape index (κ1) is 15.0. The van der Waals surface area contributed by atoms with Crippen LogP contribution >= 0.6 is 0 Å². The predicted octanol–water partition coefficient (Wildman–Crippen LogP) is 2.33. The molecular formula is C15H20N4O2. The van der Waals surface area contributed by atoms with E-state index in [1.165, 1.54) is 0 Å². The van der Waals surface area contributed by atoms with Crippen molar-refractivity contribution in [3.63, 3.8) is 0 Å². The molecule has 1 N–H and O–H groups in total. The van der Waals surface area contributed by atoms with E-state index in [0.717, 1.165) is 17.7 Å².